The molecule has 2 saturated carbocycles. The molecular formula is C63H75N9O9. The van der Waals surface area contributed by atoms with Crippen LogP contribution in [-0.4, -0.2) is 103 Å². The molecule has 426 valence electrons. The molecule has 2 saturated heterocycles. The number of aromatic hydroxyl groups is 3. The number of pyridine rings is 1. The molecule has 0 unspecified atom stereocenters. The van der Waals surface area contributed by atoms with Gasteiger partial charge in [0, 0.05) is 93.0 Å². The van der Waals surface area contributed by atoms with Crippen molar-refractivity contribution in [3.63, 3.8) is 0 Å². The van der Waals surface area contributed by atoms with Crippen LogP contribution in [0.2, 0.25) is 0 Å². The van der Waals surface area contributed by atoms with Gasteiger partial charge in [-0.2, -0.15) is 0 Å². The number of phenols is 3. The summed E-state index contributed by atoms with van der Waals surface area (Å²) >= 11 is 0. The van der Waals surface area contributed by atoms with E-state index in [0.29, 0.717) is 61.9 Å². The Morgan fingerprint density at radius 3 is 2.75 bits per heavy atom. The molecule has 2 bridgehead atoms. The summed E-state index contributed by atoms with van der Waals surface area (Å²) in [6, 6.07) is 14.7. The zero-order chi connectivity index (χ0) is 55.6. The predicted octanol–water partition coefficient (Wildman–Crippen LogP) is 7.54. The number of nitrogens with two attached hydrogens (primary N) is 1. The van der Waals surface area contributed by atoms with Crippen molar-refractivity contribution in [2.75, 3.05) is 19.7 Å². The predicted molar refractivity (Wildman–Crippen MR) is 306 cm³/mol. The van der Waals surface area contributed by atoms with Gasteiger partial charge in [-0.15, -0.1) is 0 Å². The van der Waals surface area contributed by atoms with Crippen LogP contribution < -0.4 is 36.5 Å². The number of fused-ring (bicyclic) bond motifs is 8. The molecule has 18 nitrogen and oxygen atoms in total. The summed E-state index contributed by atoms with van der Waals surface area (Å²) in [6.45, 7) is 2.83. The summed E-state index contributed by atoms with van der Waals surface area (Å²) < 4.78 is 28.8. The van der Waals surface area contributed by atoms with E-state index in [1.807, 2.05) is 36.5 Å². The van der Waals surface area contributed by atoms with Crippen LogP contribution in [0.4, 0.5) is 0 Å². The maximum Gasteiger partial charge on any atom is 0.302 e. The standard InChI is InChI=1S/C63H75N9O9/c1-37(73)79-53-33-52(43-31-50(75)58(76)55(32-43)78-27-21-39-9-6-23-65-34-39)81-59-45(53)16-14-41-15-17-47-51(80-54-29-40(28-46(41)59)13-18-49(54)74)12-5-22-63(47)57(61(77)69-44-10-3-2-4-11-44)60(72-35-42-20-26-66-48(42)36-72)70-62(71-63)68-24-7-8-38-19-25-67-56(64)30-38/h6,9,13-14,16,18-20,23,26,29-32,34-36,41,44-47,51-53,57,59-61,66-67,69,74-77H,2-5,7-8,10-12,21-22,24-25,27-28,33,64H2,1H3,(H2,68,70,71)/t41-,45+,46-,47+,51-,52+,53+,57-,59-,60+,61-,63-/m1/s1. The number of guanidine groups is 1. The number of nitrogens with one attached hydrogen (secondary N) is 5. The minimum Gasteiger partial charge on any atom is -0.504 e. The molecule has 12 atom stereocenters. The first-order valence-electron chi connectivity index (χ1n) is 29.1. The second kappa shape index (κ2) is 23.5. The van der Waals surface area contributed by atoms with Gasteiger partial charge >= 0.3 is 5.97 Å². The lowest BCUT2D eigenvalue weighted by Gasteiger charge is -2.57. The van der Waals surface area contributed by atoms with Crippen LogP contribution in [0.1, 0.15) is 107 Å². The molecule has 4 fully saturated rings. The highest BCUT2D eigenvalue weighted by Crippen LogP contribution is 2.51. The molecule has 3 aromatic heterocycles. The Morgan fingerprint density at radius 1 is 1.04 bits per heavy atom. The first-order chi connectivity index (χ1) is 39.4. The van der Waals surface area contributed by atoms with E-state index in [2.05, 4.69) is 84.3 Å². The largest absolute Gasteiger partial charge is 0.504 e. The number of benzene rings is 2. The average Bonchev–Trinajstić information content (AvgIpc) is 4.16. The smallest absolute Gasteiger partial charge is 0.302 e. The number of carbonyl (C=O) groups is 1. The lowest BCUT2D eigenvalue weighted by molar-refractivity contribution is -0.179. The van der Waals surface area contributed by atoms with Gasteiger partial charge in [-0.3, -0.25) is 20.1 Å². The van der Waals surface area contributed by atoms with Crippen molar-refractivity contribution in [2.24, 2.45) is 40.3 Å². The van der Waals surface area contributed by atoms with Gasteiger partial charge in [0.25, 0.3) is 0 Å². The van der Waals surface area contributed by atoms with E-state index in [4.69, 9.17) is 29.7 Å². The third kappa shape index (κ3) is 11.5. The summed E-state index contributed by atoms with van der Waals surface area (Å²) in [5.41, 5.74) is 9.74. The number of aromatic amines is 1. The number of carbonyl (C=O) groups excluding carboxylic acids is 1. The van der Waals surface area contributed by atoms with Crippen molar-refractivity contribution in [1.82, 2.24) is 35.8 Å². The van der Waals surface area contributed by atoms with Crippen molar-refractivity contribution in [3.05, 3.63) is 132 Å². The van der Waals surface area contributed by atoms with Crippen LogP contribution in [-0.2, 0) is 27.1 Å². The SMILES string of the molecule is CC(=O)O[C@H]1C[C@@H](c2cc(O)c(O)c(OCCc3cccnc3)c2)O[C@@H]2[C@H]1C=C[C@@H]1C#C[C@H]3[C@@H](CCC[C@@]34NC(=NCCCC3=CCNC(N)=C3)N[C@@H](n3cc5cc[nH]c5c3)[C@@H]4[C@@H](O)NC3CCCCC3)Oc3cc(ccc3O)C[C@@H]21. The Kier molecular flexibility index (Phi) is 15.7. The molecule has 0 radical (unpaired) electrons. The second-order valence-electron chi connectivity index (χ2n) is 23.2. The summed E-state index contributed by atoms with van der Waals surface area (Å²) in [5.74, 6) is 6.11. The monoisotopic (exact) mass is 1100 g/mol. The van der Waals surface area contributed by atoms with Crippen LogP contribution in [0.15, 0.2) is 120 Å². The van der Waals surface area contributed by atoms with Crippen LogP contribution in [0, 0.1) is 41.4 Å². The first kappa shape index (κ1) is 54.0. The van der Waals surface area contributed by atoms with Crippen LogP contribution in [0.25, 0.3) is 10.9 Å². The minimum atomic E-state index is -1.000. The lowest BCUT2D eigenvalue weighted by atomic mass is 9.61. The van der Waals surface area contributed by atoms with Gasteiger partial charge in [0.1, 0.15) is 24.6 Å². The molecule has 2 aromatic carbocycles. The molecule has 7 aliphatic rings. The van der Waals surface area contributed by atoms with E-state index in [0.717, 1.165) is 67.0 Å². The van der Waals surface area contributed by atoms with Gasteiger partial charge in [-0.05, 0) is 116 Å². The van der Waals surface area contributed by atoms with Crippen molar-refractivity contribution in [3.8, 4) is 40.6 Å². The summed E-state index contributed by atoms with van der Waals surface area (Å²) in [4.78, 5) is 25.8. The van der Waals surface area contributed by atoms with Crippen LogP contribution in [0.3, 0.4) is 0 Å². The topological polar surface area (TPSA) is 255 Å². The number of hydrogen-bond donors (Lipinski definition) is 10. The zero-order valence-electron chi connectivity index (χ0n) is 45.8. The van der Waals surface area contributed by atoms with Gasteiger partial charge in [-0.25, -0.2) is 0 Å². The Morgan fingerprint density at radius 2 is 1.93 bits per heavy atom. The van der Waals surface area contributed by atoms with E-state index in [-0.39, 0.29) is 59.8 Å². The Balaban J connectivity index is 0.939. The fraction of sp³-hybridized carbons (Fsp3) is 0.476. The number of allylic oxidation sites excluding steroid dienone is 3. The molecule has 4 aliphatic heterocycles. The second-order valence-corrected chi connectivity index (χ2v) is 23.2. The third-order valence-electron chi connectivity index (χ3n) is 17.9. The number of phenolic OH excluding ortho intramolecular Hbond substituents is 3. The number of esters is 1. The Hall–Kier alpha value is -7.59. The average molecular weight is 1100 g/mol. The molecule has 81 heavy (non-hydrogen) atoms. The highest BCUT2D eigenvalue weighted by Gasteiger charge is 2.59. The highest BCUT2D eigenvalue weighted by atomic mass is 16.6. The number of ether oxygens (including phenoxy) is 4. The maximum absolute atomic E-state index is 13.1. The number of rotatable bonds is 14. The molecule has 7 heterocycles. The number of dihydropyridines is 1. The molecule has 18 heteroatoms. The van der Waals surface area contributed by atoms with E-state index < -0.39 is 60.2 Å². The van der Waals surface area contributed by atoms with E-state index in [1.54, 1.807) is 24.5 Å². The number of aromatic nitrogens is 3. The summed E-state index contributed by atoms with van der Waals surface area (Å²) in [5, 5.41) is 62.9. The number of H-pyrrole nitrogens is 1. The van der Waals surface area contributed by atoms with E-state index in [1.165, 1.54) is 25.0 Å². The van der Waals surface area contributed by atoms with Crippen molar-refractivity contribution < 1.29 is 44.2 Å². The molecule has 0 amide bonds. The molecule has 5 aromatic rings. The third-order valence-corrected chi connectivity index (χ3v) is 17.9. The van der Waals surface area contributed by atoms with Gasteiger partial charge in [0.05, 0.1) is 47.5 Å². The molecule has 12 rings (SSSR count). The normalized spacial score (nSPS) is 29.8. The zero-order valence-corrected chi connectivity index (χ0v) is 45.8. The van der Waals surface area contributed by atoms with Crippen molar-refractivity contribution in [1.29, 1.82) is 0 Å². The summed E-state index contributed by atoms with van der Waals surface area (Å²) in [6.07, 6.45) is 24.2. The number of nitrogens with zero attached hydrogens (tertiary/aromatic N) is 3. The fourth-order valence-electron chi connectivity index (χ4n) is 14.0. The quantitative estimate of drug-likeness (QED) is 0.0129. The summed E-state index contributed by atoms with van der Waals surface area (Å²) in [7, 11) is 0. The maximum atomic E-state index is 13.1. The highest BCUT2D eigenvalue weighted by molar-refractivity contribution is 5.83. The van der Waals surface area contributed by atoms with Gasteiger partial charge in [0.15, 0.2) is 29.0 Å². The number of aliphatic hydroxyl groups is 1. The van der Waals surface area contributed by atoms with E-state index >= 15 is 0 Å². The van der Waals surface area contributed by atoms with Crippen LogP contribution in [0.5, 0.6) is 28.7 Å². The molecule has 3 aliphatic carbocycles. The molecule has 11 N–H and O–H groups in total. The van der Waals surface area contributed by atoms with Crippen LogP contribution >= 0.6 is 0 Å². The van der Waals surface area contributed by atoms with Gasteiger partial charge < -0.3 is 70.6 Å². The number of aliphatic imine (C=N–C) groups is 1. The van der Waals surface area contributed by atoms with E-state index in [9.17, 15) is 25.2 Å². The molecule has 1 spiro atoms. The number of hydrogen-bond acceptors (Lipinski definition) is 14. The lowest BCUT2D eigenvalue weighted by Crippen LogP contribution is -2.75. The van der Waals surface area contributed by atoms with Gasteiger partial charge in [0.2, 0.25) is 5.75 Å². The van der Waals surface area contributed by atoms with Gasteiger partial charge in [-0.1, -0.05) is 61.5 Å². The minimum absolute atomic E-state index is 0.00798. The fourth-order valence-corrected chi connectivity index (χ4v) is 14.0. The Bertz CT molecular complexity index is 3240. The molecular weight excluding hydrogens is 1030 g/mol. The number of aliphatic hydroxyl groups excluding tert-OH is 1. The van der Waals surface area contributed by atoms with Crippen molar-refractivity contribution in [2.45, 2.75) is 139 Å². The first-order valence-corrected chi connectivity index (χ1v) is 29.1. The Labute approximate surface area is 472 Å². The van der Waals surface area contributed by atoms with Crippen molar-refractivity contribution >= 4 is 22.8 Å².